The van der Waals surface area contributed by atoms with E-state index in [1.165, 1.54) is 0 Å². The van der Waals surface area contributed by atoms with Crippen molar-refractivity contribution in [2.45, 2.75) is 26.9 Å². The number of aromatic nitrogens is 1. The molecule has 0 saturated heterocycles. The van der Waals surface area contributed by atoms with E-state index in [2.05, 4.69) is 10.3 Å². The van der Waals surface area contributed by atoms with Crippen molar-refractivity contribution in [2.75, 3.05) is 12.4 Å². The van der Waals surface area contributed by atoms with E-state index >= 15 is 0 Å². The van der Waals surface area contributed by atoms with Crippen LogP contribution in [0.3, 0.4) is 0 Å². The maximum Gasteiger partial charge on any atom is 0.322 e. The van der Waals surface area contributed by atoms with Gasteiger partial charge in [0.15, 0.2) is 0 Å². The summed E-state index contributed by atoms with van der Waals surface area (Å²) < 4.78 is 5.18. The van der Waals surface area contributed by atoms with E-state index in [1.807, 2.05) is 62.4 Å². The minimum atomic E-state index is -0.288. The summed E-state index contributed by atoms with van der Waals surface area (Å²) in [5, 5.41) is 3.87. The van der Waals surface area contributed by atoms with Crippen LogP contribution in [-0.4, -0.2) is 23.0 Å². The summed E-state index contributed by atoms with van der Waals surface area (Å²) in [7, 11) is 1.60. The third kappa shape index (κ3) is 5.41. The van der Waals surface area contributed by atoms with Crippen molar-refractivity contribution in [2.24, 2.45) is 0 Å². The molecular weight excluding hydrogens is 414 g/mol. The summed E-state index contributed by atoms with van der Waals surface area (Å²) in [5.41, 5.74) is 5.00. The number of carbonyl (C=O) groups is 1. The van der Waals surface area contributed by atoms with Crippen molar-refractivity contribution in [1.29, 1.82) is 0 Å². The van der Waals surface area contributed by atoms with Crippen molar-refractivity contribution >= 4 is 22.6 Å². The number of carbonyl (C=O) groups excluding carboxylic acids is 1. The first-order valence-corrected chi connectivity index (χ1v) is 10.8. The second-order valence-corrected chi connectivity index (χ2v) is 8.21. The lowest BCUT2D eigenvalue weighted by atomic mass is 10.1. The number of ether oxygens (including phenoxy) is 1. The molecule has 0 fully saturated rings. The number of hydrogen-bond acceptors (Lipinski definition) is 3. The number of nitrogens with zero attached hydrogens (tertiary/aromatic N) is 1. The van der Waals surface area contributed by atoms with Crippen LogP contribution in [0, 0.1) is 13.8 Å². The number of aromatic amines is 1. The van der Waals surface area contributed by atoms with Gasteiger partial charge in [0.1, 0.15) is 5.75 Å². The van der Waals surface area contributed by atoms with E-state index < -0.39 is 0 Å². The first-order chi connectivity index (χ1) is 15.9. The zero-order chi connectivity index (χ0) is 23.4. The number of aryl methyl sites for hydroxylation is 2. The average molecular weight is 442 g/mol. The van der Waals surface area contributed by atoms with Crippen LogP contribution >= 0.6 is 0 Å². The molecule has 0 unspecified atom stereocenters. The zero-order valence-electron chi connectivity index (χ0n) is 19.0. The van der Waals surface area contributed by atoms with E-state index in [4.69, 9.17) is 4.74 Å². The minimum Gasteiger partial charge on any atom is -0.497 e. The topological polar surface area (TPSA) is 74.4 Å². The van der Waals surface area contributed by atoms with Crippen LogP contribution in [0.5, 0.6) is 5.75 Å². The van der Waals surface area contributed by atoms with Gasteiger partial charge >= 0.3 is 6.03 Å². The molecule has 168 valence electrons. The minimum absolute atomic E-state index is 0.176. The van der Waals surface area contributed by atoms with Gasteiger partial charge in [0.05, 0.1) is 13.7 Å². The third-order valence-corrected chi connectivity index (χ3v) is 5.56. The number of anilines is 1. The SMILES string of the molecule is COc1ccc(NC(=O)N(Cc2ccc(C)cc2)Cc2cc3cc(C)ccc3[nH]c2=O)cc1. The molecule has 0 bridgehead atoms. The van der Waals surface area contributed by atoms with Gasteiger partial charge in [0, 0.05) is 23.3 Å². The number of rotatable bonds is 6. The molecule has 33 heavy (non-hydrogen) atoms. The molecule has 4 aromatic rings. The van der Waals surface area contributed by atoms with Crippen molar-refractivity contribution in [3.8, 4) is 5.75 Å². The summed E-state index contributed by atoms with van der Waals surface area (Å²) in [6, 6.07) is 22.6. The van der Waals surface area contributed by atoms with Gasteiger partial charge < -0.3 is 19.9 Å². The van der Waals surface area contributed by atoms with Gasteiger partial charge in [-0.25, -0.2) is 4.79 Å². The second kappa shape index (κ2) is 9.61. The van der Waals surface area contributed by atoms with Gasteiger partial charge in [-0.15, -0.1) is 0 Å². The van der Waals surface area contributed by atoms with Crippen LogP contribution in [0.4, 0.5) is 10.5 Å². The lowest BCUT2D eigenvalue weighted by molar-refractivity contribution is 0.206. The number of nitrogens with one attached hydrogen (secondary N) is 2. The Morgan fingerprint density at radius 1 is 0.909 bits per heavy atom. The van der Waals surface area contributed by atoms with Crippen LogP contribution in [0.25, 0.3) is 10.9 Å². The van der Waals surface area contributed by atoms with Crippen LogP contribution in [-0.2, 0) is 13.1 Å². The standard InChI is InChI=1S/C27H27N3O3/c1-18-4-7-20(8-5-18)16-30(27(32)28-23-9-11-24(33-3)12-10-23)17-22-15-21-14-19(2)6-13-25(21)29-26(22)31/h4-15H,16-17H2,1-3H3,(H,28,32)(H,29,31). The predicted molar refractivity (Wildman–Crippen MR) is 132 cm³/mol. The fourth-order valence-electron chi connectivity index (χ4n) is 3.68. The number of fused-ring (bicyclic) bond motifs is 1. The average Bonchev–Trinajstić information content (AvgIpc) is 2.81. The molecule has 2 amide bonds. The summed E-state index contributed by atoms with van der Waals surface area (Å²) in [4.78, 5) is 30.6. The summed E-state index contributed by atoms with van der Waals surface area (Å²) in [6.07, 6.45) is 0. The lowest BCUT2D eigenvalue weighted by Gasteiger charge is -2.23. The van der Waals surface area contributed by atoms with Gasteiger partial charge in [-0.3, -0.25) is 4.79 Å². The van der Waals surface area contributed by atoms with Crippen LogP contribution in [0.15, 0.2) is 77.6 Å². The number of H-pyrrole nitrogens is 1. The van der Waals surface area contributed by atoms with Crippen molar-refractivity contribution in [3.05, 3.63) is 105 Å². The monoisotopic (exact) mass is 441 g/mol. The summed E-state index contributed by atoms with van der Waals surface area (Å²) >= 11 is 0. The number of pyridine rings is 1. The first kappa shape index (κ1) is 22.1. The molecule has 0 aliphatic carbocycles. The molecular formula is C27H27N3O3. The van der Waals surface area contributed by atoms with E-state index in [0.717, 1.165) is 27.6 Å². The van der Waals surface area contributed by atoms with Gasteiger partial charge in [0.25, 0.3) is 5.56 Å². The van der Waals surface area contributed by atoms with Gasteiger partial charge in [-0.2, -0.15) is 0 Å². The number of hydrogen-bond donors (Lipinski definition) is 2. The van der Waals surface area contributed by atoms with Crippen LogP contribution in [0.2, 0.25) is 0 Å². The Labute approximate surface area is 192 Å². The Hall–Kier alpha value is -4.06. The first-order valence-electron chi connectivity index (χ1n) is 10.8. The molecule has 3 aromatic carbocycles. The molecule has 0 radical (unpaired) electrons. The van der Waals surface area contributed by atoms with Gasteiger partial charge in [-0.05, 0) is 67.3 Å². The fraction of sp³-hybridized carbons (Fsp3) is 0.185. The molecule has 0 saturated carbocycles. The van der Waals surface area contributed by atoms with Crippen molar-refractivity contribution in [1.82, 2.24) is 9.88 Å². The van der Waals surface area contributed by atoms with Gasteiger partial charge in [0.2, 0.25) is 0 Å². The predicted octanol–water partition coefficient (Wildman–Crippen LogP) is 5.39. The molecule has 1 heterocycles. The molecule has 6 nitrogen and oxygen atoms in total. The van der Waals surface area contributed by atoms with E-state index in [-0.39, 0.29) is 18.1 Å². The Morgan fingerprint density at radius 3 is 2.30 bits per heavy atom. The highest BCUT2D eigenvalue weighted by atomic mass is 16.5. The van der Waals surface area contributed by atoms with E-state index in [0.29, 0.717) is 23.5 Å². The third-order valence-electron chi connectivity index (χ3n) is 5.56. The normalized spacial score (nSPS) is 10.8. The second-order valence-electron chi connectivity index (χ2n) is 8.21. The van der Waals surface area contributed by atoms with Crippen LogP contribution < -0.4 is 15.6 Å². The lowest BCUT2D eigenvalue weighted by Crippen LogP contribution is -2.35. The fourth-order valence-corrected chi connectivity index (χ4v) is 3.68. The number of urea groups is 1. The summed E-state index contributed by atoms with van der Waals surface area (Å²) in [6.45, 7) is 4.58. The molecule has 4 rings (SSSR count). The number of amides is 2. The molecule has 0 spiro atoms. The molecule has 0 atom stereocenters. The maximum absolute atomic E-state index is 13.2. The molecule has 0 aliphatic rings. The van der Waals surface area contributed by atoms with E-state index in [9.17, 15) is 9.59 Å². The highest BCUT2D eigenvalue weighted by Gasteiger charge is 2.17. The Kier molecular flexibility index (Phi) is 6.45. The summed E-state index contributed by atoms with van der Waals surface area (Å²) in [5.74, 6) is 0.711. The highest BCUT2D eigenvalue weighted by Crippen LogP contribution is 2.18. The Bertz CT molecular complexity index is 1330. The smallest absolute Gasteiger partial charge is 0.322 e. The zero-order valence-corrected chi connectivity index (χ0v) is 19.0. The van der Waals surface area contributed by atoms with Crippen LogP contribution in [0.1, 0.15) is 22.3 Å². The Morgan fingerprint density at radius 2 is 1.61 bits per heavy atom. The number of methoxy groups -OCH3 is 1. The quantitative estimate of drug-likeness (QED) is 0.421. The Balaban J connectivity index is 1.63. The van der Waals surface area contributed by atoms with Crippen molar-refractivity contribution < 1.29 is 9.53 Å². The molecule has 2 N–H and O–H groups in total. The highest BCUT2D eigenvalue weighted by molar-refractivity contribution is 5.89. The molecule has 6 heteroatoms. The van der Waals surface area contributed by atoms with E-state index in [1.54, 1.807) is 36.3 Å². The molecule has 1 aromatic heterocycles. The maximum atomic E-state index is 13.2. The number of benzene rings is 3. The largest absolute Gasteiger partial charge is 0.497 e. The van der Waals surface area contributed by atoms with Gasteiger partial charge in [-0.1, -0.05) is 41.5 Å². The van der Waals surface area contributed by atoms with Crippen molar-refractivity contribution in [3.63, 3.8) is 0 Å². The molecule has 0 aliphatic heterocycles.